The second-order valence-electron chi connectivity index (χ2n) is 4.40. The normalized spacial score (nSPS) is 11.6. The van der Waals surface area contributed by atoms with Gasteiger partial charge in [0.1, 0.15) is 0 Å². The van der Waals surface area contributed by atoms with E-state index in [1.807, 2.05) is 0 Å². The van der Waals surface area contributed by atoms with Crippen LogP contribution in [0.4, 0.5) is 0 Å². The summed E-state index contributed by atoms with van der Waals surface area (Å²) in [5.74, 6) is 0. The number of nitrogens with one attached hydrogen (secondary N) is 1. The molecule has 6 nitrogen and oxygen atoms in total. The zero-order valence-corrected chi connectivity index (χ0v) is 13.6. The van der Waals surface area contributed by atoms with Gasteiger partial charge in [0.05, 0.1) is 35.6 Å². The Hall–Kier alpha value is -1.35. The van der Waals surface area contributed by atoms with Crippen LogP contribution in [0, 0.1) is 6.92 Å². The van der Waals surface area contributed by atoms with Crippen molar-refractivity contribution in [2.24, 2.45) is 0 Å². The van der Waals surface area contributed by atoms with Crippen LogP contribution in [0.3, 0.4) is 0 Å². The number of rotatable bonds is 5. The molecule has 0 bridgehead atoms. The molecule has 0 aliphatic carbocycles. The van der Waals surface area contributed by atoms with Crippen LogP contribution < -0.4 is 4.72 Å². The van der Waals surface area contributed by atoms with E-state index in [-0.39, 0.29) is 18.0 Å². The summed E-state index contributed by atoms with van der Waals surface area (Å²) in [6, 6.07) is 4.66. The van der Waals surface area contributed by atoms with Crippen LogP contribution >= 0.6 is 15.9 Å². The first-order valence-corrected chi connectivity index (χ1v) is 8.36. The summed E-state index contributed by atoms with van der Waals surface area (Å²) in [7, 11) is -3.71. The molecule has 0 amide bonds. The minimum absolute atomic E-state index is 0.0470. The molecule has 112 valence electrons. The Balaban J connectivity index is 2.20. The second kappa shape index (κ2) is 6.61. The lowest BCUT2D eigenvalue weighted by atomic mass is 10.2. The van der Waals surface area contributed by atoms with Gasteiger partial charge in [-0.25, -0.2) is 13.1 Å². The molecule has 1 aromatic heterocycles. The maximum absolute atomic E-state index is 12.3. The number of aliphatic hydroxyl groups excluding tert-OH is 1. The van der Waals surface area contributed by atoms with Crippen LogP contribution in [0.15, 0.2) is 40.0 Å². The number of aryl methyl sites for hydroxylation is 1. The van der Waals surface area contributed by atoms with Gasteiger partial charge < -0.3 is 5.11 Å². The monoisotopic (exact) mass is 371 g/mol. The maximum Gasteiger partial charge on any atom is 0.242 e. The number of aliphatic hydroxyl groups is 1. The van der Waals surface area contributed by atoms with Gasteiger partial charge in [-0.2, -0.15) is 0 Å². The van der Waals surface area contributed by atoms with Gasteiger partial charge in [0.2, 0.25) is 10.0 Å². The van der Waals surface area contributed by atoms with Crippen molar-refractivity contribution in [1.29, 1.82) is 0 Å². The van der Waals surface area contributed by atoms with Crippen molar-refractivity contribution < 1.29 is 13.5 Å². The fraction of sp³-hybridized carbons (Fsp3) is 0.231. The number of benzene rings is 1. The van der Waals surface area contributed by atoms with Gasteiger partial charge in [-0.3, -0.25) is 9.97 Å². The number of nitrogens with zero attached hydrogens (tertiary/aromatic N) is 2. The molecule has 21 heavy (non-hydrogen) atoms. The van der Waals surface area contributed by atoms with E-state index in [2.05, 4.69) is 30.6 Å². The Bertz CT molecular complexity index is 733. The highest BCUT2D eigenvalue weighted by atomic mass is 79.9. The third kappa shape index (κ3) is 4.07. The van der Waals surface area contributed by atoms with Crippen molar-refractivity contribution in [3.8, 4) is 0 Å². The fourth-order valence-electron chi connectivity index (χ4n) is 1.61. The lowest BCUT2D eigenvalue weighted by Crippen LogP contribution is -2.24. The number of hydrogen-bond acceptors (Lipinski definition) is 5. The third-order valence-electron chi connectivity index (χ3n) is 2.75. The Morgan fingerprint density at radius 1 is 1.29 bits per heavy atom. The van der Waals surface area contributed by atoms with E-state index in [0.29, 0.717) is 15.7 Å². The molecular formula is C13H14BrN3O3S. The quantitative estimate of drug-likeness (QED) is 0.830. The van der Waals surface area contributed by atoms with Gasteiger partial charge in [-0.15, -0.1) is 0 Å². The molecule has 0 fully saturated rings. The Labute approximate surface area is 131 Å². The summed E-state index contributed by atoms with van der Waals surface area (Å²) >= 11 is 3.20. The standard InChI is InChI=1S/C13H14BrN3O3S/c1-9-5-16-11(6-15-9)7-17-21(19,20)13-4-10(8-18)2-3-12(13)14/h2-6,17-18H,7-8H2,1H3. The predicted octanol–water partition coefficient (Wildman–Crippen LogP) is 1.52. The van der Waals surface area contributed by atoms with Crippen molar-refractivity contribution in [2.75, 3.05) is 0 Å². The first kappa shape index (κ1) is 16.0. The van der Waals surface area contributed by atoms with Crippen LogP contribution in [0.25, 0.3) is 0 Å². The summed E-state index contributed by atoms with van der Waals surface area (Å²) in [5, 5.41) is 9.10. The van der Waals surface area contributed by atoms with E-state index in [9.17, 15) is 8.42 Å². The van der Waals surface area contributed by atoms with E-state index in [1.165, 1.54) is 12.3 Å². The fourth-order valence-corrected chi connectivity index (χ4v) is 3.62. The third-order valence-corrected chi connectivity index (χ3v) is 5.14. The van der Waals surface area contributed by atoms with Crippen molar-refractivity contribution in [1.82, 2.24) is 14.7 Å². The summed E-state index contributed by atoms with van der Waals surface area (Å²) in [4.78, 5) is 8.23. The smallest absolute Gasteiger partial charge is 0.242 e. The summed E-state index contributed by atoms with van der Waals surface area (Å²) in [5.41, 5.74) is 1.81. The number of sulfonamides is 1. The van der Waals surface area contributed by atoms with Gasteiger partial charge in [-0.05, 0) is 40.5 Å². The van der Waals surface area contributed by atoms with Crippen molar-refractivity contribution in [3.05, 3.63) is 52.0 Å². The SMILES string of the molecule is Cc1cnc(CNS(=O)(=O)c2cc(CO)ccc2Br)cn1. The van der Waals surface area contributed by atoms with Crippen molar-refractivity contribution >= 4 is 26.0 Å². The van der Waals surface area contributed by atoms with Crippen molar-refractivity contribution in [3.63, 3.8) is 0 Å². The van der Waals surface area contributed by atoms with Crippen LogP contribution in [0.5, 0.6) is 0 Å². The van der Waals surface area contributed by atoms with Gasteiger partial charge in [0.15, 0.2) is 0 Å². The molecule has 0 atom stereocenters. The van der Waals surface area contributed by atoms with Crippen LogP contribution in [-0.4, -0.2) is 23.5 Å². The largest absolute Gasteiger partial charge is 0.392 e. The van der Waals surface area contributed by atoms with E-state index in [4.69, 9.17) is 5.11 Å². The average Bonchev–Trinajstić information content (AvgIpc) is 2.47. The second-order valence-corrected chi connectivity index (χ2v) is 6.99. The minimum Gasteiger partial charge on any atom is -0.392 e. The first-order valence-electron chi connectivity index (χ1n) is 6.09. The molecule has 8 heteroatoms. The average molecular weight is 372 g/mol. The molecule has 0 aliphatic rings. The van der Waals surface area contributed by atoms with Gasteiger partial charge >= 0.3 is 0 Å². The Morgan fingerprint density at radius 3 is 2.67 bits per heavy atom. The molecule has 0 saturated heterocycles. The molecule has 1 heterocycles. The van der Waals surface area contributed by atoms with E-state index in [0.717, 1.165) is 5.69 Å². The lowest BCUT2D eigenvalue weighted by Gasteiger charge is -2.09. The topological polar surface area (TPSA) is 92.2 Å². The van der Waals surface area contributed by atoms with Gasteiger partial charge in [-0.1, -0.05) is 6.07 Å². The van der Waals surface area contributed by atoms with E-state index >= 15 is 0 Å². The molecule has 0 spiro atoms. The molecule has 2 rings (SSSR count). The molecule has 0 unspecified atom stereocenters. The molecule has 1 aromatic carbocycles. The van der Waals surface area contributed by atoms with E-state index in [1.54, 1.807) is 25.3 Å². The summed E-state index contributed by atoms with van der Waals surface area (Å²) < 4.78 is 27.5. The lowest BCUT2D eigenvalue weighted by molar-refractivity contribution is 0.281. The highest BCUT2D eigenvalue weighted by Crippen LogP contribution is 2.23. The molecule has 0 aliphatic heterocycles. The predicted molar refractivity (Wildman–Crippen MR) is 80.9 cm³/mol. The number of halogens is 1. The van der Waals surface area contributed by atoms with E-state index < -0.39 is 10.0 Å². The Morgan fingerprint density at radius 2 is 2.05 bits per heavy atom. The highest BCUT2D eigenvalue weighted by Gasteiger charge is 2.18. The highest BCUT2D eigenvalue weighted by molar-refractivity contribution is 9.10. The molecule has 0 saturated carbocycles. The zero-order chi connectivity index (χ0) is 15.5. The summed E-state index contributed by atoms with van der Waals surface area (Å²) in [6.45, 7) is 1.63. The summed E-state index contributed by atoms with van der Waals surface area (Å²) in [6.07, 6.45) is 3.10. The number of hydrogen-bond donors (Lipinski definition) is 2. The molecule has 0 radical (unpaired) electrons. The van der Waals surface area contributed by atoms with Gasteiger partial charge in [0.25, 0.3) is 0 Å². The van der Waals surface area contributed by atoms with Crippen LogP contribution in [0.2, 0.25) is 0 Å². The zero-order valence-electron chi connectivity index (χ0n) is 11.2. The molecular weight excluding hydrogens is 358 g/mol. The maximum atomic E-state index is 12.3. The first-order chi connectivity index (χ1) is 9.92. The number of aromatic nitrogens is 2. The minimum atomic E-state index is -3.71. The molecule has 2 aromatic rings. The van der Waals surface area contributed by atoms with Gasteiger partial charge in [0, 0.05) is 10.7 Å². The van der Waals surface area contributed by atoms with Crippen molar-refractivity contribution in [2.45, 2.75) is 25.0 Å². The molecule has 2 N–H and O–H groups in total. The van der Waals surface area contributed by atoms with Crippen LogP contribution in [0.1, 0.15) is 17.0 Å². The van der Waals surface area contributed by atoms with Crippen LogP contribution in [-0.2, 0) is 23.2 Å². The Kier molecular flexibility index (Phi) is 5.04.